The van der Waals surface area contributed by atoms with Crippen molar-refractivity contribution in [2.24, 2.45) is 0 Å². The lowest BCUT2D eigenvalue weighted by Crippen LogP contribution is -2.42. The van der Waals surface area contributed by atoms with Crippen LogP contribution in [-0.2, 0) is 6.54 Å². The predicted molar refractivity (Wildman–Crippen MR) is 95.7 cm³/mol. The van der Waals surface area contributed by atoms with Gasteiger partial charge >= 0.3 is 0 Å². The fraction of sp³-hybridized carbons (Fsp3) is 0.294. The van der Waals surface area contributed by atoms with Crippen molar-refractivity contribution in [3.8, 4) is 5.75 Å². The molecule has 24 heavy (non-hydrogen) atoms. The van der Waals surface area contributed by atoms with E-state index in [0.717, 1.165) is 18.7 Å². The first-order chi connectivity index (χ1) is 11.3. The van der Waals surface area contributed by atoms with Gasteiger partial charge in [-0.1, -0.05) is 23.2 Å². The zero-order valence-electron chi connectivity index (χ0n) is 13.5. The summed E-state index contributed by atoms with van der Waals surface area (Å²) in [7, 11) is 4.16. The number of hydrogen-bond donors (Lipinski definition) is 0. The number of non-ortho nitro benzene ring substituents is 1. The molecule has 2 aromatic rings. The van der Waals surface area contributed by atoms with Gasteiger partial charge in [0.15, 0.2) is 0 Å². The summed E-state index contributed by atoms with van der Waals surface area (Å²) in [6.07, 6.45) is 0. The van der Waals surface area contributed by atoms with E-state index in [-0.39, 0.29) is 5.69 Å². The smallest absolute Gasteiger partial charge is 0.269 e. The molecule has 0 saturated heterocycles. The molecule has 2 aromatic carbocycles. The highest BCUT2D eigenvalue weighted by Gasteiger charge is 2.17. The molecule has 0 spiro atoms. The van der Waals surface area contributed by atoms with E-state index in [9.17, 15) is 10.1 Å². The molecule has 0 saturated carbocycles. The Balaban J connectivity index is 1.89. The van der Waals surface area contributed by atoms with Crippen LogP contribution < -0.4 is 4.74 Å². The highest BCUT2D eigenvalue weighted by molar-refractivity contribution is 6.35. The van der Waals surface area contributed by atoms with Crippen molar-refractivity contribution in [2.45, 2.75) is 6.54 Å². The average molecular weight is 370 g/mol. The maximum absolute atomic E-state index is 10.7. The summed E-state index contributed by atoms with van der Waals surface area (Å²) < 4.78 is 6.40. The Morgan fingerprint density at radius 2 is 1.79 bits per heavy atom. The van der Waals surface area contributed by atoms with Gasteiger partial charge in [0, 0.05) is 22.7 Å². The molecule has 2 rings (SSSR count). The van der Waals surface area contributed by atoms with Gasteiger partial charge in [-0.15, -0.1) is 0 Å². The number of rotatable bonds is 7. The van der Waals surface area contributed by atoms with Crippen LogP contribution >= 0.6 is 23.2 Å². The van der Waals surface area contributed by atoms with Gasteiger partial charge in [0.2, 0.25) is 0 Å². The quantitative estimate of drug-likeness (QED) is 0.408. The molecule has 0 amide bonds. The lowest BCUT2D eigenvalue weighted by atomic mass is 10.2. The van der Waals surface area contributed by atoms with E-state index in [0.29, 0.717) is 26.9 Å². The first-order valence-corrected chi connectivity index (χ1v) is 8.16. The number of nitro benzene ring substituents is 1. The maximum atomic E-state index is 10.7. The molecule has 7 heteroatoms. The van der Waals surface area contributed by atoms with E-state index >= 15 is 0 Å². The van der Waals surface area contributed by atoms with Crippen LogP contribution in [0.2, 0.25) is 10.0 Å². The number of likely N-dealkylation sites (N-methyl/N-ethyl adjacent to an activating group) is 1. The summed E-state index contributed by atoms with van der Waals surface area (Å²) in [5.74, 6) is 0.608. The molecule has 0 aliphatic carbocycles. The summed E-state index contributed by atoms with van der Waals surface area (Å²) in [6.45, 7) is 2.01. The second kappa shape index (κ2) is 7.83. The number of nitrogens with zero attached hydrogens (tertiary/aromatic N) is 2. The fourth-order valence-corrected chi connectivity index (χ4v) is 2.75. The van der Waals surface area contributed by atoms with Crippen molar-refractivity contribution >= 4 is 28.9 Å². The summed E-state index contributed by atoms with van der Waals surface area (Å²) in [5.41, 5.74) is 1.14. The topological polar surface area (TPSA) is 52.4 Å². The number of hydrogen-bond acceptors (Lipinski definition) is 3. The summed E-state index contributed by atoms with van der Waals surface area (Å²) >= 11 is 11.9. The summed E-state index contributed by atoms with van der Waals surface area (Å²) in [6, 6.07) is 11.8. The third kappa shape index (κ3) is 5.37. The van der Waals surface area contributed by atoms with Crippen LogP contribution in [0.25, 0.3) is 0 Å². The van der Waals surface area contributed by atoms with Crippen LogP contribution in [-0.4, -0.2) is 36.7 Å². The van der Waals surface area contributed by atoms with Crippen molar-refractivity contribution in [3.05, 3.63) is 68.2 Å². The largest absolute Gasteiger partial charge is 0.486 e. The molecule has 5 nitrogen and oxygen atoms in total. The molecule has 0 radical (unpaired) electrons. The normalized spacial score (nSPS) is 11.3. The van der Waals surface area contributed by atoms with Gasteiger partial charge < -0.3 is 9.22 Å². The molecular weight excluding hydrogens is 351 g/mol. The molecule has 0 aliphatic heterocycles. The van der Waals surface area contributed by atoms with Gasteiger partial charge in [-0.25, -0.2) is 0 Å². The van der Waals surface area contributed by atoms with Crippen molar-refractivity contribution < 1.29 is 14.1 Å². The van der Waals surface area contributed by atoms with E-state index in [1.165, 1.54) is 12.1 Å². The van der Waals surface area contributed by atoms with Gasteiger partial charge in [0.1, 0.15) is 25.4 Å². The highest BCUT2D eigenvalue weighted by Crippen LogP contribution is 2.27. The Bertz CT molecular complexity index is 718. The van der Waals surface area contributed by atoms with E-state index in [1.54, 1.807) is 30.3 Å². The lowest BCUT2D eigenvalue weighted by molar-refractivity contribution is -0.903. The first kappa shape index (κ1) is 18.5. The molecule has 128 valence electrons. The molecule has 0 bridgehead atoms. The molecule has 0 aromatic heterocycles. The number of benzene rings is 2. The molecular formula is C17H19Cl2N2O3+. The fourth-order valence-electron chi connectivity index (χ4n) is 2.29. The number of quaternary nitrogens is 1. The maximum Gasteiger partial charge on any atom is 0.269 e. The molecule has 0 fully saturated rings. The Morgan fingerprint density at radius 1 is 1.12 bits per heavy atom. The Hall–Kier alpha value is -1.82. The summed E-state index contributed by atoms with van der Waals surface area (Å²) in [4.78, 5) is 10.3. The van der Waals surface area contributed by atoms with Crippen molar-refractivity contribution in [1.29, 1.82) is 0 Å². The molecule has 0 N–H and O–H groups in total. The van der Waals surface area contributed by atoms with Gasteiger partial charge in [0.05, 0.1) is 24.0 Å². The van der Waals surface area contributed by atoms with Crippen LogP contribution in [0.5, 0.6) is 5.75 Å². The van der Waals surface area contributed by atoms with Gasteiger partial charge in [0.25, 0.3) is 5.69 Å². The molecule has 0 atom stereocenters. The molecule has 0 aliphatic rings. The number of nitro groups is 1. The van der Waals surface area contributed by atoms with E-state index in [4.69, 9.17) is 27.9 Å². The van der Waals surface area contributed by atoms with Crippen molar-refractivity contribution in [3.63, 3.8) is 0 Å². The van der Waals surface area contributed by atoms with Gasteiger partial charge in [-0.05, 0) is 30.3 Å². The SMILES string of the molecule is C[N+](C)(CCOc1ccc(Cl)cc1Cl)Cc1ccc([N+](=O)[O-])cc1. The zero-order chi connectivity index (χ0) is 17.7. The number of halogens is 2. The van der Waals surface area contributed by atoms with Gasteiger partial charge in [-0.3, -0.25) is 10.1 Å². The Labute approximate surface area is 151 Å². The number of ether oxygens (including phenoxy) is 1. The molecule has 0 unspecified atom stereocenters. The van der Waals surface area contributed by atoms with Crippen LogP contribution in [0.1, 0.15) is 5.56 Å². The Morgan fingerprint density at radius 3 is 2.38 bits per heavy atom. The van der Waals surface area contributed by atoms with Crippen LogP contribution in [0, 0.1) is 10.1 Å². The zero-order valence-corrected chi connectivity index (χ0v) is 15.0. The minimum Gasteiger partial charge on any atom is -0.486 e. The third-order valence-electron chi connectivity index (χ3n) is 3.61. The predicted octanol–water partition coefficient (Wildman–Crippen LogP) is 4.56. The van der Waals surface area contributed by atoms with Crippen molar-refractivity contribution in [2.75, 3.05) is 27.2 Å². The van der Waals surface area contributed by atoms with Crippen molar-refractivity contribution in [1.82, 2.24) is 0 Å². The first-order valence-electron chi connectivity index (χ1n) is 7.40. The minimum atomic E-state index is -0.395. The van der Waals surface area contributed by atoms with Crippen LogP contribution in [0.15, 0.2) is 42.5 Å². The molecule has 0 heterocycles. The van der Waals surface area contributed by atoms with E-state index in [1.807, 2.05) is 0 Å². The lowest BCUT2D eigenvalue weighted by Gasteiger charge is -2.29. The van der Waals surface area contributed by atoms with Crippen LogP contribution in [0.4, 0.5) is 5.69 Å². The second-order valence-electron chi connectivity index (χ2n) is 6.16. The average Bonchev–Trinajstić information content (AvgIpc) is 2.49. The van der Waals surface area contributed by atoms with Gasteiger partial charge in [-0.2, -0.15) is 0 Å². The standard InChI is InChI=1S/C17H19Cl2N2O3/c1-21(2,12-13-3-6-15(7-4-13)20(22)23)9-10-24-17-8-5-14(18)11-16(17)19/h3-8,11H,9-10,12H2,1-2H3/q+1. The summed E-state index contributed by atoms with van der Waals surface area (Å²) in [5, 5.41) is 11.7. The van der Waals surface area contributed by atoms with E-state index in [2.05, 4.69) is 14.1 Å². The Kier molecular flexibility index (Phi) is 6.04. The van der Waals surface area contributed by atoms with E-state index < -0.39 is 4.92 Å². The third-order valence-corrected chi connectivity index (χ3v) is 4.14. The van der Waals surface area contributed by atoms with Crippen LogP contribution in [0.3, 0.4) is 0 Å². The monoisotopic (exact) mass is 369 g/mol. The highest BCUT2D eigenvalue weighted by atomic mass is 35.5. The second-order valence-corrected chi connectivity index (χ2v) is 7.01. The minimum absolute atomic E-state index is 0.102.